The number of sulfonamides is 1. The van der Waals surface area contributed by atoms with Crippen LogP contribution in [0.4, 0.5) is 0 Å². The predicted molar refractivity (Wildman–Crippen MR) is 89.7 cm³/mol. The van der Waals surface area contributed by atoms with Crippen LogP contribution >= 0.6 is 0 Å². The summed E-state index contributed by atoms with van der Waals surface area (Å²) < 4.78 is 25.6. The van der Waals surface area contributed by atoms with Crippen LogP contribution in [0.3, 0.4) is 0 Å². The molecule has 1 unspecified atom stereocenters. The fourth-order valence-electron chi connectivity index (χ4n) is 2.69. The summed E-state index contributed by atoms with van der Waals surface area (Å²) in [5.74, 6) is 0.164. The molecule has 1 atom stereocenters. The van der Waals surface area contributed by atoms with Crippen molar-refractivity contribution in [2.24, 2.45) is 0 Å². The molecule has 0 aliphatic carbocycles. The first kappa shape index (κ1) is 17.9. The van der Waals surface area contributed by atoms with Gasteiger partial charge in [-0.2, -0.15) is 0 Å². The monoisotopic (exact) mass is 339 g/mol. The molecule has 1 aliphatic rings. The fraction of sp³-hybridized carbons (Fsp3) is 0.562. The summed E-state index contributed by atoms with van der Waals surface area (Å²) in [6.45, 7) is 4.50. The molecular formula is C16H25N3O3S. The number of aryl methyl sites for hydroxylation is 1. The van der Waals surface area contributed by atoms with Gasteiger partial charge >= 0.3 is 0 Å². The number of nitrogens with one attached hydrogen (secondary N) is 2. The summed E-state index contributed by atoms with van der Waals surface area (Å²) in [7, 11) is -2.02. The number of rotatable bonds is 6. The topological polar surface area (TPSA) is 78.5 Å². The van der Waals surface area contributed by atoms with E-state index in [0.717, 1.165) is 31.6 Å². The molecule has 1 aliphatic heterocycles. The quantitative estimate of drug-likeness (QED) is 0.801. The van der Waals surface area contributed by atoms with Gasteiger partial charge in [0.05, 0.1) is 4.90 Å². The molecule has 0 spiro atoms. The highest BCUT2D eigenvalue weighted by atomic mass is 32.2. The maximum absolute atomic E-state index is 12.3. The Balaban J connectivity index is 1.89. The summed E-state index contributed by atoms with van der Waals surface area (Å²) in [5.41, 5.74) is 0.968. The van der Waals surface area contributed by atoms with Gasteiger partial charge < -0.3 is 10.2 Å². The molecule has 6 nitrogen and oxygen atoms in total. The lowest BCUT2D eigenvalue weighted by Crippen LogP contribution is -2.52. The minimum absolute atomic E-state index is 0.164. The van der Waals surface area contributed by atoms with Gasteiger partial charge in [-0.3, -0.25) is 4.79 Å². The molecule has 7 heteroatoms. The lowest BCUT2D eigenvalue weighted by atomic mass is 10.1. The second-order valence-electron chi connectivity index (χ2n) is 5.75. The molecule has 1 heterocycles. The van der Waals surface area contributed by atoms with Crippen molar-refractivity contribution in [3.05, 3.63) is 29.8 Å². The van der Waals surface area contributed by atoms with Gasteiger partial charge in [-0.1, -0.05) is 19.1 Å². The summed E-state index contributed by atoms with van der Waals surface area (Å²) >= 11 is 0. The molecule has 0 bridgehead atoms. The molecule has 1 aromatic carbocycles. The first-order chi connectivity index (χ1) is 11.0. The maximum Gasteiger partial charge on any atom is 0.240 e. The van der Waals surface area contributed by atoms with E-state index in [-0.39, 0.29) is 10.8 Å². The summed E-state index contributed by atoms with van der Waals surface area (Å²) in [4.78, 5) is 14.5. The zero-order valence-corrected chi connectivity index (χ0v) is 14.5. The van der Waals surface area contributed by atoms with E-state index in [1.807, 2.05) is 4.90 Å². The van der Waals surface area contributed by atoms with E-state index in [0.29, 0.717) is 18.9 Å². The molecule has 1 saturated heterocycles. The van der Waals surface area contributed by atoms with E-state index in [1.54, 1.807) is 24.3 Å². The van der Waals surface area contributed by atoms with Crippen molar-refractivity contribution < 1.29 is 13.2 Å². The Labute approximate surface area is 138 Å². The maximum atomic E-state index is 12.3. The van der Waals surface area contributed by atoms with Crippen molar-refractivity contribution in [2.45, 2.75) is 37.1 Å². The lowest BCUT2D eigenvalue weighted by molar-refractivity contribution is -0.132. The Morgan fingerprint density at radius 1 is 1.35 bits per heavy atom. The van der Waals surface area contributed by atoms with E-state index in [9.17, 15) is 13.2 Å². The van der Waals surface area contributed by atoms with Crippen LogP contribution in [-0.2, 0) is 21.2 Å². The molecule has 1 fully saturated rings. The van der Waals surface area contributed by atoms with Gasteiger partial charge in [-0.15, -0.1) is 0 Å². The van der Waals surface area contributed by atoms with Gasteiger partial charge in [0, 0.05) is 32.1 Å². The van der Waals surface area contributed by atoms with Gasteiger partial charge in [0.2, 0.25) is 15.9 Å². The van der Waals surface area contributed by atoms with Crippen LogP contribution < -0.4 is 10.0 Å². The Bertz CT molecular complexity index is 628. The molecule has 128 valence electrons. The first-order valence-electron chi connectivity index (χ1n) is 8.00. The summed E-state index contributed by atoms with van der Waals surface area (Å²) in [5, 5.41) is 3.40. The van der Waals surface area contributed by atoms with Crippen LogP contribution in [0, 0.1) is 0 Å². The highest BCUT2D eigenvalue weighted by molar-refractivity contribution is 7.89. The average Bonchev–Trinajstić information content (AvgIpc) is 2.60. The van der Waals surface area contributed by atoms with Crippen molar-refractivity contribution in [1.29, 1.82) is 0 Å². The number of amides is 1. The Hall–Kier alpha value is -1.44. The number of carbonyl (C=O) groups excluding carboxylic acids is 1. The van der Waals surface area contributed by atoms with Gasteiger partial charge in [0.15, 0.2) is 0 Å². The van der Waals surface area contributed by atoms with E-state index in [2.05, 4.69) is 17.0 Å². The zero-order chi connectivity index (χ0) is 16.9. The third-order valence-electron chi connectivity index (χ3n) is 4.23. The van der Waals surface area contributed by atoms with Gasteiger partial charge in [0.1, 0.15) is 0 Å². The number of nitrogens with zero attached hydrogens (tertiary/aromatic N) is 1. The third-order valence-corrected chi connectivity index (χ3v) is 5.66. The third kappa shape index (κ3) is 4.76. The van der Waals surface area contributed by atoms with E-state index < -0.39 is 10.0 Å². The second-order valence-corrected chi connectivity index (χ2v) is 7.64. The summed E-state index contributed by atoms with van der Waals surface area (Å²) in [6.07, 6.45) is 2.10. The Morgan fingerprint density at radius 2 is 2.04 bits per heavy atom. The largest absolute Gasteiger partial charge is 0.340 e. The van der Waals surface area contributed by atoms with Gasteiger partial charge in [-0.25, -0.2) is 13.1 Å². The van der Waals surface area contributed by atoms with Crippen LogP contribution in [0.2, 0.25) is 0 Å². The highest BCUT2D eigenvalue weighted by Gasteiger charge is 2.21. The Morgan fingerprint density at radius 3 is 2.65 bits per heavy atom. The molecule has 0 saturated carbocycles. The SMILES string of the molecule is CCC1CN(C(=O)CCc2ccc(S(=O)(=O)NC)cc2)CCN1. The molecule has 0 aromatic heterocycles. The molecule has 23 heavy (non-hydrogen) atoms. The summed E-state index contributed by atoms with van der Waals surface area (Å²) in [6, 6.07) is 7.07. The molecule has 1 amide bonds. The van der Waals surface area contributed by atoms with Gasteiger partial charge in [-0.05, 0) is 37.6 Å². The number of hydrogen-bond donors (Lipinski definition) is 2. The standard InChI is InChI=1S/C16H25N3O3S/c1-3-14-12-19(11-10-18-14)16(20)9-6-13-4-7-15(8-5-13)23(21,22)17-2/h4-5,7-8,14,17-18H,3,6,9-12H2,1-2H3. The fourth-order valence-corrected chi connectivity index (χ4v) is 3.42. The van der Waals surface area contributed by atoms with Crippen molar-refractivity contribution in [3.8, 4) is 0 Å². The van der Waals surface area contributed by atoms with Crippen LogP contribution in [0.25, 0.3) is 0 Å². The highest BCUT2D eigenvalue weighted by Crippen LogP contribution is 2.13. The normalized spacial score (nSPS) is 18.9. The van der Waals surface area contributed by atoms with Crippen LogP contribution in [-0.4, -0.2) is 51.9 Å². The number of piperazine rings is 1. The molecule has 0 radical (unpaired) electrons. The Kier molecular flexibility index (Phi) is 6.15. The smallest absolute Gasteiger partial charge is 0.240 e. The van der Waals surface area contributed by atoms with Crippen molar-refractivity contribution in [3.63, 3.8) is 0 Å². The predicted octanol–water partition coefficient (Wildman–Crippen LogP) is 0.738. The molecule has 1 aromatic rings. The van der Waals surface area contributed by atoms with Crippen molar-refractivity contribution in [2.75, 3.05) is 26.7 Å². The van der Waals surface area contributed by atoms with E-state index in [1.165, 1.54) is 7.05 Å². The van der Waals surface area contributed by atoms with Crippen molar-refractivity contribution >= 4 is 15.9 Å². The lowest BCUT2D eigenvalue weighted by Gasteiger charge is -2.33. The van der Waals surface area contributed by atoms with Crippen LogP contribution in [0.1, 0.15) is 25.3 Å². The number of hydrogen-bond acceptors (Lipinski definition) is 4. The first-order valence-corrected chi connectivity index (χ1v) is 9.48. The van der Waals surface area contributed by atoms with Gasteiger partial charge in [0.25, 0.3) is 0 Å². The minimum atomic E-state index is -3.40. The molecular weight excluding hydrogens is 314 g/mol. The number of carbonyl (C=O) groups is 1. The average molecular weight is 339 g/mol. The zero-order valence-electron chi connectivity index (χ0n) is 13.7. The number of benzene rings is 1. The molecule has 2 N–H and O–H groups in total. The second kappa shape index (κ2) is 7.90. The van der Waals surface area contributed by atoms with Crippen LogP contribution in [0.5, 0.6) is 0 Å². The van der Waals surface area contributed by atoms with Crippen LogP contribution in [0.15, 0.2) is 29.2 Å². The minimum Gasteiger partial charge on any atom is -0.340 e. The van der Waals surface area contributed by atoms with E-state index >= 15 is 0 Å². The van der Waals surface area contributed by atoms with Crippen molar-refractivity contribution in [1.82, 2.24) is 14.9 Å². The van der Waals surface area contributed by atoms with E-state index in [4.69, 9.17) is 0 Å². The molecule has 2 rings (SSSR count).